The van der Waals surface area contributed by atoms with E-state index in [1.165, 1.54) is 76.1 Å². The van der Waals surface area contributed by atoms with E-state index in [0.717, 1.165) is 35.1 Å². The zero-order valence-corrected chi connectivity index (χ0v) is 22.9. The highest BCUT2D eigenvalue weighted by Crippen LogP contribution is 2.37. The van der Waals surface area contributed by atoms with Crippen LogP contribution in [0.3, 0.4) is 0 Å². The Morgan fingerprint density at radius 3 is 2.39 bits per heavy atom. The largest absolute Gasteiger partial charge is 0.378 e. The fraction of sp³-hybridized carbons (Fsp3) is 0.567. The molecule has 2 bridgehead atoms. The average molecular weight is 506 g/mol. The second-order valence-corrected chi connectivity index (χ2v) is 11.8. The zero-order valence-electron chi connectivity index (χ0n) is 22.0. The second-order valence-electron chi connectivity index (χ2n) is 11.4. The monoisotopic (exact) mass is 505 g/mol. The van der Waals surface area contributed by atoms with Crippen LogP contribution in [-0.4, -0.2) is 74.3 Å². The molecule has 4 heterocycles. The summed E-state index contributed by atoms with van der Waals surface area (Å²) in [4.78, 5) is 7.60. The SMILES string of the molecule is CN(C)c1ccc(NC(=S)NC[C@H]2C[C@@H]3CCN2C[C@@H]3CN2CCC(Cc3ccccc3)CC2)cc1. The number of hydrogen-bond acceptors (Lipinski definition) is 4. The van der Waals surface area contributed by atoms with Crippen LogP contribution in [0.4, 0.5) is 11.4 Å². The van der Waals surface area contributed by atoms with E-state index >= 15 is 0 Å². The maximum Gasteiger partial charge on any atom is 0.170 e. The Kier molecular flexibility index (Phi) is 8.45. The third-order valence-corrected chi connectivity index (χ3v) is 8.97. The van der Waals surface area contributed by atoms with Crippen molar-refractivity contribution in [3.05, 3.63) is 60.2 Å². The number of piperidine rings is 4. The molecule has 5 nitrogen and oxygen atoms in total. The van der Waals surface area contributed by atoms with E-state index in [0.29, 0.717) is 6.04 Å². The van der Waals surface area contributed by atoms with E-state index in [9.17, 15) is 0 Å². The number of nitrogens with zero attached hydrogens (tertiary/aromatic N) is 3. The lowest BCUT2D eigenvalue weighted by Crippen LogP contribution is -2.58. The fourth-order valence-electron chi connectivity index (χ4n) is 6.55. The van der Waals surface area contributed by atoms with E-state index in [2.05, 4.69) is 94.0 Å². The normalized spacial score (nSPS) is 26.5. The standard InChI is InChI=1S/C30H43N5S/c1-33(2)28-10-8-27(9-11-28)32-30(36)31-20-29-19-25-14-17-35(29)22-26(25)21-34-15-12-24(13-16-34)18-23-6-4-3-5-7-23/h3-11,24-26,29H,12-22H2,1-2H3,(H2,31,32,36)/t25-,26-,29+/m0/s1. The Balaban J connectivity index is 1.03. The number of hydrogen-bond donors (Lipinski definition) is 2. The van der Waals surface area contributed by atoms with Crippen molar-refractivity contribution in [1.82, 2.24) is 15.1 Å². The predicted octanol–water partition coefficient (Wildman–Crippen LogP) is 4.70. The summed E-state index contributed by atoms with van der Waals surface area (Å²) in [7, 11) is 4.11. The molecule has 4 atom stereocenters. The first-order valence-corrected chi connectivity index (χ1v) is 14.3. The molecule has 4 aliphatic rings. The molecule has 4 fully saturated rings. The number of fused-ring (bicyclic) bond motifs is 3. The van der Waals surface area contributed by atoms with Crippen molar-refractivity contribution in [2.45, 2.75) is 38.1 Å². The number of rotatable bonds is 8. The molecule has 36 heavy (non-hydrogen) atoms. The molecule has 1 unspecified atom stereocenters. The average Bonchev–Trinajstić information content (AvgIpc) is 2.90. The van der Waals surface area contributed by atoms with Gasteiger partial charge in [0.1, 0.15) is 0 Å². The minimum absolute atomic E-state index is 0.604. The van der Waals surface area contributed by atoms with Crippen LogP contribution in [0.1, 0.15) is 31.2 Å². The van der Waals surface area contributed by atoms with Crippen LogP contribution < -0.4 is 15.5 Å². The van der Waals surface area contributed by atoms with Crippen LogP contribution in [0.2, 0.25) is 0 Å². The molecule has 2 aromatic rings. The van der Waals surface area contributed by atoms with Crippen molar-refractivity contribution in [3.8, 4) is 0 Å². The van der Waals surface area contributed by atoms with Crippen LogP contribution in [0, 0.1) is 17.8 Å². The molecule has 194 valence electrons. The van der Waals surface area contributed by atoms with E-state index < -0.39 is 0 Å². The van der Waals surface area contributed by atoms with Crippen LogP contribution in [0.5, 0.6) is 0 Å². The van der Waals surface area contributed by atoms with E-state index in [1.807, 2.05) is 0 Å². The smallest absolute Gasteiger partial charge is 0.170 e. The predicted molar refractivity (Wildman–Crippen MR) is 156 cm³/mol. The molecular formula is C30H43N5S. The van der Waals surface area contributed by atoms with Gasteiger partial charge in [0.25, 0.3) is 0 Å². The van der Waals surface area contributed by atoms with Gasteiger partial charge >= 0.3 is 0 Å². The van der Waals surface area contributed by atoms with Gasteiger partial charge in [-0.2, -0.15) is 0 Å². The van der Waals surface area contributed by atoms with Crippen molar-refractivity contribution in [2.24, 2.45) is 17.8 Å². The van der Waals surface area contributed by atoms with Gasteiger partial charge in [0.15, 0.2) is 5.11 Å². The lowest BCUT2D eigenvalue weighted by Gasteiger charge is -2.51. The van der Waals surface area contributed by atoms with Gasteiger partial charge in [-0.15, -0.1) is 0 Å². The summed E-state index contributed by atoms with van der Waals surface area (Å²) < 4.78 is 0. The van der Waals surface area contributed by atoms with E-state index in [1.54, 1.807) is 0 Å². The van der Waals surface area contributed by atoms with Gasteiger partial charge in [-0.1, -0.05) is 30.3 Å². The minimum Gasteiger partial charge on any atom is -0.378 e. The summed E-state index contributed by atoms with van der Waals surface area (Å²) in [6.07, 6.45) is 6.63. The van der Waals surface area contributed by atoms with Crippen LogP contribution >= 0.6 is 12.2 Å². The minimum atomic E-state index is 0.604. The van der Waals surface area contributed by atoms with Gasteiger partial charge in [0.2, 0.25) is 0 Å². The molecular weight excluding hydrogens is 462 g/mol. The van der Waals surface area contributed by atoms with Gasteiger partial charge in [-0.3, -0.25) is 4.90 Å². The Morgan fingerprint density at radius 2 is 1.72 bits per heavy atom. The van der Waals surface area contributed by atoms with Gasteiger partial charge in [0.05, 0.1) is 0 Å². The maximum absolute atomic E-state index is 5.60. The van der Waals surface area contributed by atoms with Crippen LogP contribution in [-0.2, 0) is 6.42 Å². The highest BCUT2D eigenvalue weighted by Gasteiger charge is 2.40. The number of benzene rings is 2. The van der Waals surface area contributed by atoms with E-state index in [-0.39, 0.29) is 0 Å². The second kappa shape index (κ2) is 11.9. The fourth-order valence-corrected chi connectivity index (χ4v) is 6.75. The molecule has 6 heteroatoms. The molecule has 4 saturated heterocycles. The van der Waals surface area contributed by atoms with Gasteiger partial charge in [0, 0.05) is 51.1 Å². The highest BCUT2D eigenvalue weighted by atomic mass is 32.1. The summed E-state index contributed by atoms with van der Waals surface area (Å²) in [5, 5.41) is 7.58. The molecule has 2 aromatic carbocycles. The first-order valence-electron chi connectivity index (χ1n) is 13.9. The molecule has 2 N–H and O–H groups in total. The summed E-state index contributed by atoms with van der Waals surface area (Å²) in [5.74, 6) is 2.55. The van der Waals surface area contributed by atoms with Crippen LogP contribution in [0.25, 0.3) is 0 Å². The molecule has 6 rings (SSSR count). The highest BCUT2D eigenvalue weighted by molar-refractivity contribution is 7.80. The van der Waals surface area contributed by atoms with Crippen molar-refractivity contribution in [2.75, 3.05) is 63.6 Å². The molecule has 0 spiro atoms. The molecule has 4 aliphatic heterocycles. The first-order chi connectivity index (χ1) is 17.5. The maximum atomic E-state index is 5.60. The number of anilines is 2. The Morgan fingerprint density at radius 1 is 0.972 bits per heavy atom. The Hall–Kier alpha value is -2.15. The third-order valence-electron chi connectivity index (χ3n) is 8.72. The number of likely N-dealkylation sites (tertiary alicyclic amines) is 1. The lowest BCUT2D eigenvalue weighted by atomic mass is 9.75. The van der Waals surface area contributed by atoms with Crippen molar-refractivity contribution >= 4 is 28.7 Å². The molecule has 0 aliphatic carbocycles. The van der Waals surface area contributed by atoms with Gasteiger partial charge in [-0.05, 0) is 112 Å². The number of nitrogens with one attached hydrogen (secondary N) is 2. The Labute approximate surface area is 223 Å². The molecule has 0 saturated carbocycles. The lowest BCUT2D eigenvalue weighted by molar-refractivity contribution is -0.0141. The molecule has 0 aromatic heterocycles. The van der Waals surface area contributed by atoms with E-state index in [4.69, 9.17) is 12.2 Å². The molecule has 0 radical (unpaired) electrons. The third kappa shape index (κ3) is 6.58. The summed E-state index contributed by atoms with van der Waals surface area (Å²) in [6.45, 7) is 7.30. The van der Waals surface area contributed by atoms with Gasteiger partial charge < -0.3 is 20.4 Å². The quantitative estimate of drug-likeness (QED) is 0.506. The molecule has 0 amide bonds. The van der Waals surface area contributed by atoms with Crippen molar-refractivity contribution < 1.29 is 0 Å². The topological polar surface area (TPSA) is 33.8 Å². The van der Waals surface area contributed by atoms with Gasteiger partial charge in [-0.25, -0.2) is 0 Å². The van der Waals surface area contributed by atoms with Crippen LogP contribution in [0.15, 0.2) is 54.6 Å². The first kappa shape index (κ1) is 25.5. The van der Waals surface area contributed by atoms with Crippen molar-refractivity contribution in [1.29, 1.82) is 0 Å². The summed E-state index contributed by atoms with van der Waals surface area (Å²) in [5.41, 5.74) is 3.73. The zero-order chi connectivity index (χ0) is 24.9. The summed E-state index contributed by atoms with van der Waals surface area (Å²) >= 11 is 5.60. The van der Waals surface area contributed by atoms with Crippen molar-refractivity contribution in [3.63, 3.8) is 0 Å². The number of thiocarbonyl (C=S) groups is 1. The Bertz CT molecular complexity index is 971. The summed E-state index contributed by atoms with van der Waals surface area (Å²) in [6, 6.07) is 20.1.